The van der Waals surface area contributed by atoms with E-state index in [9.17, 15) is 0 Å². The number of nitrogens with zero attached hydrogens (tertiary/aromatic N) is 3. The van der Waals surface area contributed by atoms with Crippen LogP contribution in [-0.4, -0.2) is 9.97 Å². The largest absolute Gasteiger partial charge is 0.436 e. The maximum Gasteiger partial charge on any atom is 0.227 e. The Morgan fingerprint density at radius 3 is 1.75 bits per heavy atom. The highest BCUT2D eigenvalue weighted by Crippen LogP contribution is 2.40. The average molecular weight is 568 g/mol. The van der Waals surface area contributed by atoms with Crippen LogP contribution in [0.2, 0.25) is 0 Å². The standard InChI is InChI=1S/C39H25N3O2/c1-3-10-29(11-4-1)42(30-12-5-2-6-13-30)31-18-20-35-37(24-31)44-39(41-35)28-17-19-34-36(23-28)43-38(40-34)27-16-15-26-21-25-9-7-8-14-32(25)33(26)22-27/h1-20,22-24H,21H2. The maximum absolute atomic E-state index is 6.34. The fourth-order valence-electron chi connectivity index (χ4n) is 6.22. The zero-order valence-electron chi connectivity index (χ0n) is 23.6. The number of anilines is 3. The first-order valence-corrected chi connectivity index (χ1v) is 14.7. The average Bonchev–Trinajstić information content (AvgIpc) is 3.80. The molecule has 8 aromatic rings. The van der Waals surface area contributed by atoms with Gasteiger partial charge in [0.1, 0.15) is 11.0 Å². The van der Waals surface area contributed by atoms with E-state index in [4.69, 9.17) is 18.8 Å². The summed E-state index contributed by atoms with van der Waals surface area (Å²) in [6, 6.07) is 47.8. The van der Waals surface area contributed by atoms with Crippen LogP contribution in [0.3, 0.4) is 0 Å². The molecule has 0 atom stereocenters. The first-order valence-electron chi connectivity index (χ1n) is 14.7. The summed E-state index contributed by atoms with van der Waals surface area (Å²) >= 11 is 0. The minimum atomic E-state index is 0.539. The van der Waals surface area contributed by atoms with E-state index in [0.717, 1.165) is 45.6 Å². The smallest absolute Gasteiger partial charge is 0.227 e. The van der Waals surface area contributed by atoms with Gasteiger partial charge in [-0.05, 0) is 95.4 Å². The van der Waals surface area contributed by atoms with Crippen molar-refractivity contribution >= 4 is 39.3 Å². The fraction of sp³-hybridized carbons (Fsp3) is 0.0256. The summed E-state index contributed by atoms with van der Waals surface area (Å²) in [6.07, 6.45) is 0.964. The molecule has 0 saturated heterocycles. The second kappa shape index (κ2) is 9.82. The summed E-state index contributed by atoms with van der Waals surface area (Å²) in [7, 11) is 0. The third kappa shape index (κ3) is 4.09. The molecule has 0 N–H and O–H groups in total. The van der Waals surface area contributed by atoms with Crippen molar-refractivity contribution in [2.45, 2.75) is 6.42 Å². The number of para-hydroxylation sites is 2. The number of fused-ring (bicyclic) bond motifs is 5. The monoisotopic (exact) mass is 567 g/mol. The molecule has 44 heavy (non-hydrogen) atoms. The highest BCUT2D eigenvalue weighted by Gasteiger charge is 2.20. The van der Waals surface area contributed by atoms with E-state index >= 15 is 0 Å². The van der Waals surface area contributed by atoms with Crippen LogP contribution >= 0.6 is 0 Å². The maximum atomic E-state index is 6.34. The van der Waals surface area contributed by atoms with Crippen molar-refractivity contribution in [3.8, 4) is 34.0 Å². The molecule has 0 radical (unpaired) electrons. The SMILES string of the molecule is c1ccc(N(c2ccccc2)c2ccc3nc(-c4ccc5nc(-c6ccc7c(c6)-c6ccccc6C7)oc5c4)oc3c2)cc1. The molecule has 0 saturated carbocycles. The van der Waals surface area contributed by atoms with E-state index in [1.54, 1.807) is 0 Å². The molecule has 1 aliphatic carbocycles. The van der Waals surface area contributed by atoms with Gasteiger partial charge in [-0.25, -0.2) is 9.97 Å². The molecule has 5 nitrogen and oxygen atoms in total. The lowest BCUT2D eigenvalue weighted by atomic mass is 10.0. The van der Waals surface area contributed by atoms with Gasteiger partial charge in [0.25, 0.3) is 0 Å². The Morgan fingerprint density at radius 1 is 0.455 bits per heavy atom. The Hall–Kier alpha value is -5.94. The van der Waals surface area contributed by atoms with E-state index in [1.807, 2.05) is 66.7 Å². The molecule has 0 spiro atoms. The van der Waals surface area contributed by atoms with Gasteiger partial charge in [-0.15, -0.1) is 0 Å². The lowest BCUT2D eigenvalue weighted by Gasteiger charge is -2.25. The van der Waals surface area contributed by atoms with E-state index in [-0.39, 0.29) is 0 Å². The van der Waals surface area contributed by atoms with Gasteiger partial charge in [0.15, 0.2) is 11.2 Å². The predicted molar refractivity (Wildman–Crippen MR) is 175 cm³/mol. The highest BCUT2D eigenvalue weighted by atomic mass is 16.4. The zero-order valence-corrected chi connectivity index (χ0v) is 23.6. The van der Waals surface area contributed by atoms with Gasteiger partial charge in [0.05, 0.1) is 0 Å². The van der Waals surface area contributed by atoms with Crippen molar-refractivity contribution in [3.05, 3.63) is 151 Å². The molecule has 0 aliphatic heterocycles. The topological polar surface area (TPSA) is 55.3 Å². The van der Waals surface area contributed by atoms with E-state index < -0.39 is 0 Å². The number of rotatable bonds is 5. The number of aromatic nitrogens is 2. The van der Waals surface area contributed by atoms with Crippen LogP contribution in [0.1, 0.15) is 11.1 Å². The molecular formula is C39H25N3O2. The Kier molecular flexibility index (Phi) is 5.50. The van der Waals surface area contributed by atoms with Crippen LogP contribution in [0, 0.1) is 0 Å². The lowest BCUT2D eigenvalue weighted by Crippen LogP contribution is -2.09. The number of hydrogen-bond acceptors (Lipinski definition) is 5. The van der Waals surface area contributed by atoms with Gasteiger partial charge in [0.2, 0.25) is 11.8 Å². The van der Waals surface area contributed by atoms with Crippen molar-refractivity contribution in [2.24, 2.45) is 0 Å². The lowest BCUT2D eigenvalue weighted by molar-refractivity contribution is 0.614. The predicted octanol–water partition coefficient (Wildman–Crippen LogP) is 10.3. The van der Waals surface area contributed by atoms with Crippen molar-refractivity contribution < 1.29 is 8.83 Å². The number of oxazole rings is 2. The van der Waals surface area contributed by atoms with E-state index in [2.05, 4.69) is 77.7 Å². The van der Waals surface area contributed by atoms with Crippen molar-refractivity contribution in [2.75, 3.05) is 4.90 Å². The molecule has 208 valence electrons. The van der Waals surface area contributed by atoms with Crippen molar-refractivity contribution in [1.82, 2.24) is 9.97 Å². The summed E-state index contributed by atoms with van der Waals surface area (Å²) in [5.74, 6) is 1.14. The molecule has 0 bridgehead atoms. The fourth-order valence-corrected chi connectivity index (χ4v) is 6.22. The third-order valence-electron chi connectivity index (χ3n) is 8.34. The molecular weight excluding hydrogens is 542 g/mol. The summed E-state index contributed by atoms with van der Waals surface area (Å²) in [4.78, 5) is 11.8. The molecule has 5 heteroatoms. The van der Waals surface area contributed by atoms with Crippen LogP contribution in [0.25, 0.3) is 56.2 Å². The minimum absolute atomic E-state index is 0.539. The van der Waals surface area contributed by atoms with E-state index in [0.29, 0.717) is 22.9 Å². The second-order valence-corrected chi connectivity index (χ2v) is 11.1. The third-order valence-corrected chi connectivity index (χ3v) is 8.34. The van der Waals surface area contributed by atoms with Crippen LogP contribution in [0.15, 0.2) is 148 Å². The van der Waals surface area contributed by atoms with Gasteiger partial charge < -0.3 is 13.7 Å². The molecule has 9 rings (SSSR count). The Labute approximate surface area is 253 Å². The highest BCUT2D eigenvalue weighted by molar-refractivity contribution is 5.87. The Bertz CT molecular complexity index is 2280. The van der Waals surface area contributed by atoms with E-state index in [1.165, 1.54) is 22.3 Å². The molecule has 2 aromatic heterocycles. The molecule has 6 aromatic carbocycles. The summed E-state index contributed by atoms with van der Waals surface area (Å²) in [6.45, 7) is 0. The molecule has 2 heterocycles. The van der Waals surface area contributed by atoms with Gasteiger partial charge >= 0.3 is 0 Å². The molecule has 0 fully saturated rings. The molecule has 1 aliphatic rings. The summed E-state index contributed by atoms with van der Waals surface area (Å²) in [5, 5.41) is 0. The van der Waals surface area contributed by atoms with Crippen LogP contribution in [-0.2, 0) is 6.42 Å². The van der Waals surface area contributed by atoms with Crippen LogP contribution in [0.5, 0.6) is 0 Å². The van der Waals surface area contributed by atoms with Crippen LogP contribution < -0.4 is 4.90 Å². The Morgan fingerprint density at radius 2 is 1.02 bits per heavy atom. The first kappa shape index (κ1) is 24.6. The second-order valence-electron chi connectivity index (χ2n) is 11.1. The van der Waals surface area contributed by atoms with Crippen molar-refractivity contribution in [3.63, 3.8) is 0 Å². The van der Waals surface area contributed by atoms with Gasteiger partial charge in [-0.2, -0.15) is 0 Å². The number of benzene rings is 6. The van der Waals surface area contributed by atoms with Crippen molar-refractivity contribution in [1.29, 1.82) is 0 Å². The quantitative estimate of drug-likeness (QED) is 0.207. The summed E-state index contributed by atoms with van der Waals surface area (Å²) in [5.41, 5.74) is 13.2. The molecule has 0 unspecified atom stereocenters. The zero-order chi connectivity index (χ0) is 29.0. The Balaban J connectivity index is 1.07. The normalized spacial score (nSPS) is 12.0. The van der Waals surface area contributed by atoms with Crippen LogP contribution in [0.4, 0.5) is 17.1 Å². The van der Waals surface area contributed by atoms with Gasteiger partial charge in [-0.1, -0.05) is 66.7 Å². The van der Waals surface area contributed by atoms with Gasteiger partial charge in [0, 0.05) is 34.3 Å². The van der Waals surface area contributed by atoms with Gasteiger partial charge in [-0.3, -0.25) is 0 Å². The first-order chi connectivity index (χ1) is 21.8. The molecule has 0 amide bonds. The summed E-state index contributed by atoms with van der Waals surface area (Å²) < 4.78 is 12.6. The minimum Gasteiger partial charge on any atom is -0.436 e. The number of hydrogen-bond donors (Lipinski definition) is 0.